The maximum Gasteiger partial charge on any atom is 0.416 e. The van der Waals surface area contributed by atoms with Gasteiger partial charge in [-0.2, -0.15) is 28.2 Å². The minimum atomic E-state index is -4.57. The van der Waals surface area contributed by atoms with Crippen molar-refractivity contribution in [1.82, 2.24) is 9.66 Å². The van der Waals surface area contributed by atoms with Crippen LogP contribution in [-0.4, -0.2) is 29.6 Å². The van der Waals surface area contributed by atoms with Crippen LogP contribution in [0.15, 0.2) is 75.0 Å². The van der Waals surface area contributed by atoms with Crippen molar-refractivity contribution in [2.24, 2.45) is 5.10 Å². The number of fused-ring (bicyclic) bond motifs is 1. The van der Waals surface area contributed by atoms with Crippen LogP contribution >= 0.6 is 15.9 Å². The second kappa shape index (κ2) is 10.2. The molecular weight excluding hydrogens is 541 g/mol. The Balaban J connectivity index is 1.88. The Morgan fingerprint density at radius 2 is 1.94 bits per heavy atom. The number of aromatic nitrogens is 2. The molecule has 0 aliphatic rings. The standard InChI is InChI=1S/C25H16BrF3N4O3/c1-35-21-12-15(11-19(26)22(21)36-10-9-30)14-31-33-23(16-5-4-6-17(13-16)25(27,28)29)32-20-8-3-2-7-18(20)24(33)34/h2-8,11-14H,10H2,1H3. The monoisotopic (exact) mass is 556 g/mol. The SMILES string of the molecule is COc1cc(C=Nn2c(-c3cccc(C(F)(F)F)c3)nc3ccccc3c2=O)cc(Br)c1OCC#N. The first kappa shape index (κ1) is 24.9. The maximum absolute atomic E-state index is 13.3. The van der Waals surface area contributed by atoms with Crippen LogP contribution in [0, 0.1) is 11.3 Å². The van der Waals surface area contributed by atoms with Crippen LogP contribution in [0.5, 0.6) is 11.5 Å². The zero-order valence-corrected chi connectivity index (χ0v) is 20.2. The molecule has 1 aromatic heterocycles. The zero-order chi connectivity index (χ0) is 25.9. The summed E-state index contributed by atoms with van der Waals surface area (Å²) in [5.74, 6) is 0.564. The van der Waals surface area contributed by atoms with Gasteiger partial charge >= 0.3 is 6.18 Å². The van der Waals surface area contributed by atoms with Crippen LogP contribution in [0.1, 0.15) is 11.1 Å². The molecule has 0 bridgehead atoms. The first-order valence-corrected chi connectivity index (χ1v) is 11.1. The van der Waals surface area contributed by atoms with Gasteiger partial charge in [0, 0.05) is 5.56 Å². The van der Waals surface area contributed by atoms with Crippen molar-refractivity contribution in [1.29, 1.82) is 5.26 Å². The number of benzene rings is 3. The van der Waals surface area contributed by atoms with Crippen molar-refractivity contribution in [2.45, 2.75) is 6.18 Å². The Labute approximate surface area is 211 Å². The second-order valence-electron chi connectivity index (χ2n) is 7.37. The minimum Gasteiger partial charge on any atom is -0.493 e. The molecule has 7 nitrogen and oxygen atoms in total. The molecule has 0 spiro atoms. The molecule has 0 saturated heterocycles. The number of alkyl halides is 3. The quantitative estimate of drug-likeness (QED) is 0.287. The molecule has 0 saturated carbocycles. The van der Waals surface area contributed by atoms with Crippen LogP contribution in [-0.2, 0) is 6.18 Å². The first-order valence-electron chi connectivity index (χ1n) is 10.3. The predicted octanol–water partition coefficient (Wildman–Crippen LogP) is 5.64. The van der Waals surface area contributed by atoms with Gasteiger partial charge in [0.05, 0.1) is 34.3 Å². The topological polar surface area (TPSA) is 89.5 Å². The Morgan fingerprint density at radius 1 is 1.17 bits per heavy atom. The van der Waals surface area contributed by atoms with E-state index < -0.39 is 17.3 Å². The number of rotatable bonds is 6. The third kappa shape index (κ3) is 5.08. The summed E-state index contributed by atoms with van der Waals surface area (Å²) in [5, 5.41) is 13.3. The maximum atomic E-state index is 13.3. The lowest BCUT2D eigenvalue weighted by molar-refractivity contribution is -0.137. The summed E-state index contributed by atoms with van der Waals surface area (Å²) in [7, 11) is 1.42. The molecule has 4 aromatic rings. The molecule has 0 amide bonds. The summed E-state index contributed by atoms with van der Waals surface area (Å²) in [5.41, 5.74) is -0.546. The molecule has 0 aliphatic heterocycles. The largest absolute Gasteiger partial charge is 0.493 e. The fraction of sp³-hybridized carbons (Fsp3) is 0.120. The van der Waals surface area contributed by atoms with E-state index >= 15 is 0 Å². The molecule has 3 aromatic carbocycles. The highest BCUT2D eigenvalue weighted by molar-refractivity contribution is 9.10. The number of ether oxygens (including phenoxy) is 2. The lowest BCUT2D eigenvalue weighted by Crippen LogP contribution is -2.20. The minimum absolute atomic E-state index is 0.0546. The van der Waals surface area contributed by atoms with Gasteiger partial charge in [-0.05, 0) is 57.9 Å². The summed E-state index contributed by atoms with van der Waals surface area (Å²) in [6.45, 7) is -0.194. The van der Waals surface area contributed by atoms with Gasteiger partial charge in [-0.1, -0.05) is 24.3 Å². The van der Waals surface area contributed by atoms with E-state index in [0.717, 1.165) is 16.8 Å². The van der Waals surface area contributed by atoms with E-state index in [1.807, 2.05) is 6.07 Å². The molecular formula is C25H16BrF3N4O3. The number of halogens is 4. The van der Waals surface area contributed by atoms with Gasteiger partial charge in [-0.15, -0.1) is 0 Å². The molecule has 0 N–H and O–H groups in total. The normalized spacial score (nSPS) is 11.6. The molecule has 0 aliphatic carbocycles. The van der Waals surface area contributed by atoms with Crippen LogP contribution < -0.4 is 15.0 Å². The molecule has 0 radical (unpaired) electrons. The fourth-order valence-electron chi connectivity index (χ4n) is 3.44. The molecule has 11 heteroatoms. The van der Waals surface area contributed by atoms with Crippen molar-refractivity contribution < 1.29 is 22.6 Å². The molecule has 182 valence electrons. The molecule has 1 heterocycles. The molecule has 0 atom stereocenters. The van der Waals surface area contributed by atoms with Gasteiger partial charge in [0.1, 0.15) is 6.07 Å². The van der Waals surface area contributed by atoms with Crippen LogP contribution in [0.4, 0.5) is 13.2 Å². The van der Waals surface area contributed by atoms with Gasteiger partial charge in [0.15, 0.2) is 23.9 Å². The average Bonchev–Trinajstić information content (AvgIpc) is 2.86. The summed E-state index contributed by atoms with van der Waals surface area (Å²) in [6.07, 6.45) is -3.23. The lowest BCUT2D eigenvalue weighted by atomic mass is 10.1. The van der Waals surface area contributed by atoms with E-state index in [0.29, 0.717) is 27.1 Å². The van der Waals surface area contributed by atoms with Gasteiger partial charge in [0.25, 0.3) is 5.56 Å². The number of hydrogen-bond acceptors (Lipinski definition) is 6. The molecule has 0 fully saturated rings. The van der Waals surface area contributed by atoms with E-state index in [1.165, 1.54) is 25.5 Å². The first-order chi connectivity index (χ1) is 17.2. The second-order valence-corrected chi connectivity index (χ2v) is 8.23. The summed E-state index contributed by atoms with van der Waals surface area (Å²) in [6, 6.07) is 16.1. The van der Waals surface area contributed by atoms with Crippen LogP contribution in [0.3, 0.4) is 0 Å². The third-order valence-electron chi connectivity index (χ3n) is 5.06. The third-order valence-corrected chi connectivity index (χ3v) is 5.65. The molecule has 4 rings (SSSR count). The van der Waals surface area contributed by atoms with Gasteiger partial charge in [-0.25, -0.2) is 4.98 Å². The smallest absolute Gasteiger partial charge is 0.416 e. The molecule has 36 heavy (non-hydrogen) atoms. The zero-order valence-electron chi connectivity index (χ0n) is 18.6. The van der Waals surface area contributed by atoms with Crippen LogP contribution in [0.25, 0.3) is 22.3 Å². The van der Waals surface area contributed by atoms with Crippen molar-refractivity contribution in [3.8, 4) is 29.0 Å². The van der Waals surface area contributed by atoms with Crippen molar-refractivity contribution in [2.75, 3.05) is 13.7 Å². The Bertz CT molecular complexity index is 1580. The molecule has 0 unspecified atom stereocenters. The lowest BCUT2D eigenvalue weighted by Gasteiger charge is -2.13. The van der Waals surface area contributed by atoms with Crippen molar-refractivity contribution in [3.05, 3.63) is 86.6 Å². The highest BCUT2D eigenvalue weighted by atomic mass is 79.9. The van der Waals surface area contributed by atoms with Gasteiger partial charge in [-0.3, -0.25) is 4.79 Å². The van der Waals surface area contributed by atoms with E-state index in [2.05, 4.69) is 26.0 Å². The van der Waals surface area contributed by atoms with E-state index in [-0.39, 0.29) is 23.4 Å². The average molecular weight is 557 g/mol. The predicted molar refractivity (Wildman–Crippen MR) is 131 cm³/mol. The number of nitriles is 1. The van der Waals surface area contributed by atoms with E-state index in [4.69, 9.17) is 14.7 Å². The Kier molecular flexibility index (Phi) is 7.07. The number of hydrogen-bond donors (Lipinski definition) is 0. The highest BCUT2D eigenvalue weighted by Crippen LogP contribution is 2.36. The number of methoxy groups -OCH3 is 1. The van der Waals surface area contributed by atoms with E-state index in [1.54, 1.807) is 36.4 Å². The van der Waals surface area contributed by atoms with Crippen molar-refractivity contribution >= 4 is 33.0 Å². The van der Waals surface area contributed by atoms with E-state index in [9.17, 15) is 18.0 Å². The van der Waals surface area contributed by atoms with Crippen molar-refractivity contribution in [3.63, 3.8) is 0 Å². The number of nitrogens with zero attached hydrogens (tertiary/aromatic N) is 4. The summed E-state index contributed by atoms with van der Waals surface area (Å²) >= 11 is 3.36. The Morgan fingerprint density at radius 3 is 2.67 bits per heavy atom. The summed E-state index contributed by atoms with van der Waals surface area (Å²) < 4.78 is 52.2. The fourth-order valence-corrected chi connectivity index (χ4v) is 4.01. The Hall–Kier alpha value is -4.17. The van der Waals surface area contributed by atoms with Crippen LogP contribution in [0.2, 0.25) is 0 Å². The van der Waals surface area contributed by atoms with Gasteiger partial charge in [0.2, 0.25) is 0 Å². The van der Waals surface area contributed by atoms with Gasteiger partial charge < -0.3 is 9.47 Å². The highest BCUT2D eigenvalue weighted by Gasteiger charge is 2.31. The summed E-state index contributed by atoms with van der Waals surface area (Å²) in [4.78, 5) is 17.7. The number of para-hydroxylation sites is 1.